The van der Waals surface area contributed by atoms with Gasteiger partial charge in [0.25, 0.3) is 0 Å². The largest absolute Gasteiger partial charge is 0.472 e. The first-order valence-electron chi connectivity index (χ1n) is 4.58. The predicted octanol–water partition coefficient (Wildman–Crippen LogP) is 1.63. The SMILES string of the molecule is CC(CN(C)Cc1ccoc1)C(N)=S. The molecule has 1 unspecified atom stereocenters. The van der Waals surface area contributed by atoms with Crippen molar-refractivity contribution in [3.63, 3.8) is 0 Å². The molecule has 78 valence electrons. The summed E-state index contributed by atoms with van der Waals surface area (Å²) in [5.41, 5.74) is 6.71. The van der Waals surface area contributed by atoms with Gasteiger partial charge in [-0.2, -0.15) is 0 Å². The highest BCUT2D eigenvalue weighted by Crippen LogP contribution is 2.06. The number of nitrogens with zero attached hydrogens (tertiary/aromatic N) is 1. The van der Waals surface area contributed by atoms with Gasteiger partial charge in [-0.25, -0.2) is 0 Å². The van der Waals surface area contributed by atoms with E-state index in [0.29, 0.717) is 4.99 Å². The molecule has 0 aliphatic rings. The van der Waals surface area contributed by atoms with Crippen LogP contribution in [-0.2, 0) is 6.54 Å². The van der Waals surface area contributed by atoms with E-state index in [1.807, 2.05) is 20.0 Å². The van der Waals surface area contributed by atoms with Gasteiger partial charge in [0.15, 0.2) is 0 Å². The number of nitrogens with two attached hydrogens (primary N) is 1. The van der Waals surface area contributed by atoms with E-state index in [0.717, 1.165) is 13.1 Å². The van der Waals surface area contributed by atoms with Gasteiger partial charge in [-0.3, -0.25) is 0 Å². The molecule has 0 radical (unpaired) electrons. The van der Waals surface area contributed by atoms with Crippen LogP contribution in [0.1, 0.15) is 12.5 Å². The van der Waals surface area contributed by atoms with Crippen LogP contribution in [0.5, 0.6) is 0 Å². The van der Waals surface area contributed by atoms with E-state index in [4.69, 9.17) is 22.4 Å². The van der Waals surface area contributed by atoms with Gasteiger partial charge in [-0.15, -0.1) is 0 Å². The molecule has 1 heterocycles. The molecule has 0 saturated heterocycles. The van der Waals surface area contributed by atoms with E-state index in [2.05, 4.69) is 4.90 Å². The highest BCUT2D eigenvalue weighted by molar-refractivity contribution is 7.80. The Morgan fingerprint density at radius 3 is 2.93 bits per heavy atom. The molecule has 3 nitrogen and oxygen atoms in total. The average Bonchev–Trinajstić information content (AvgIpc) is 2.56. The predicted molar refractivity (Wildman–Crippen MR) is 61.0 cm³/mol. The molecule has 0 bridgehead atoms. The fraction of sp³-hybridized carbons (Fsp3) is 0.500. The monoisotopic (exact) mass is 212 g/mol. The third kappa shape index (κ3) is 3.47. The van der Waals surface area contributed by atoms with Crippen molar-refractivity contribution in [3.05, 3.63) is 24.2 Å². The first-order valence-corrected chi connectivity index (χ1v) is 4.99. The van der Waals surface area contributed by atoms with Gasteiger partial charge in [-0.1, -0.05) is 19.1 Å². The van der Waals surface area contributed by atoms with E-state index in [1.54, 1.807) is 12.5 Å². The summed E-state index contributed by atoms with van der Waals surface area (Å²) in [7, 11) is 2.04. The van der Waals surface area contributed by atoms with Crippen molar-refractivity contribution in [3.8, 4) is 0 Å². The zero-order valence-electron chi connectivity index (χ0n) is 8.56. The molecule has 0 spiro atoms. The summed E-state index contributed by atoms with van der Waals surface area (Å²) in [5.74, 6) is 0.252. The number of furan rings is 1. The number of hydrogen-bond donors (Lipinski definition) is 1. The van der Waals surface area contributed by atoms with Crippen LogP contribution in [-0.4, -0.2) is 23.5 Å². The van der Waals surface area contributed by atoms with Crippen molar-refractivity contribution in [1.82, 2.24) is 4.90 Å². The minimum Gasteiger partial charge on any atom is -0.472 e. The maximum Gasteiger partial charge on any atom is 0.0947 e. The molecule has 0 saturated carbocycles. The van der Waals surface area contributed by atoms with E-state index in [-0.39, 0.29) is 5.92 Å². The lowest BCUT2D eigenvalue weighted by Gasteiger charge is -2.19. The van der Waals surface area contributed by atoms with Crippen LogP contribution in [0.4, 0.5) is 0 Å². The van der Waals surface area contributed by atoms with Gasteiger partial charge in [0, 0.05) is 24.6 Å². The summed E-state index contributed by atoms with van der Waals surface area (Å²) in [6.45, 7) is 3.78. The summed E-state index contributed by atoms with van der Waals surface area (Å²) in [5, 5.41) is 0. The molecule has 14 heavy (non-hydrogen) atoms. The van der Waals surface area contributed by atoms with Gasteiger partial charge in [0.1, 0.15) is 0 Å². The van der Waals surface area contributed by atoms with Crippen LogP contribution in [0.25, 0.3) is 0 Å². The van der Waals surface area contributed by atoms with E-state index in [9.17, 15) is 0 Å². The fourth-order valence-corrected chi connectivity index (χ4v) is 1.39. The van der Waals surface area contributed by atoms with Gasteiger partial charge in [-0.05, 0) is 13.1 Å². The smallest absolute Gasteiger partial charge is 0.0947 e. The first kappa shape index (κ1) is 11.2. The summed E-state index contributed by atoms with van der Waals surface area (Å²) in [4.78, 5) is 2.75. The summed E-state index contributed by atoms with van der Waals surface area (Å²) in [6, 6.07) is 1.96. The Morgan fingerprint density at radius 2 is 2.43 bits per heavy atom. The molecule has 1 aromatic rings. The van der Waals surface area contributed by atoms with Gasteiger partial charge in [0.05, 0.1) is 17.5 Å². The Labute approximate surface area is 89.9 Å². The zero-order valence-corrected chi connectivity index (χ0v) is 9.38. The lowest BCUT2D eigenvalue weighted by molar-refractivity contribution is 0.306. The topological polar surface area (TPSA) is 42.4 Å². The molecule has 0 amide bonds. The molecule has 2 N–H and O–H groups in total. The van der Waals surface area contributed by atoms with Crippen LogP contribution in [0, 0.1) is 5.92 Å². The van der Waals surface area contributed by atoms with Crippen molar-refractivity contribution in [2.24, 2.45) is 11.7 Å². The van der Waals surface area contributed by atoms with Crippen LogP contribution >= 0.6 is 12.2 Å². The third-order valence-electron chi connectivity index (χ3n) is 2.10. The molecule has 1 atom stereocenters. The zero-order chi connectivity index (χ0) is 10.6. The Hall–Kier alpha value is -0.870. The van der Waals surface area contributed by atoms with Crippen LogP contribution < -0.4 is 5.73 Å². The number of hydrogen-bond acceptors (Lipinski definition) is 3. The quantitative estimate of drug-likeness (QED) is 0.753. The molecule has 4 heteroatoms. The highest BCUT2D eigenvalue weighted by Gasteiger charge is 2.09. The number of thiocarbonyl (C=S) groups is 1. The number of rotatable bonds is 5. The van der Waals surface area contributed by atoms with Crippen molar-refractivity contribution in [2.75, 3.05) is 13.6 Å². The molecular weight excluding hydrogens is 196 g/mol. The van der Waals surface area contributed by atoms with Crippen LogP contribution in [0.3, 0.4) is 0 Å². The van der Waals surface area contributed by atoms with Gasteiger partial charge in [0.2, 0.25) is 0 Å². The molecule has 0 fully saturated rings. The van der Waals surface area contributed by atoms with Crippen LogP contribution in [0.15, 0.2) is 23.0 Å². The Bertz CT molecular complexity index is 284. The van der Waals surface area contributed by atoms with E-state index < -0.39 is 0 Å². The van der Waals surface area contributed by atoms with Crippen molar-refractivity contribution in [2.45, 2.75) is 13.5 Å². The minimum atomic E-state index is 0.252. The lowest BCUT2D eigenvalue weighted by Crippen LogP contribution is -2.31. The fourth-order valence-electron chi connectivity index (χ4n) is 1.32. The minimum absolute atomic E-state index is 0.252. The van der Waals surface area contributed by atoms with Crippen molar-refractivity contribution in [1.29, 1.82) is 0 Å². The third-order valence-corrected chi connectivity index (χ3v) is 2.51. The lowest BCUT2D eigenvalue weighted by atomic mass is 10.1. The molecule has 0 aliphatic carbocycles. The van der Waals surface area contributed by atoms with E-state index >= 15 is 0 Å². The first-order chi connectivity index (χ1) is 6.59. The summed E-state index contributed by atoms with van der Waals surface area (Å²) < 4.78 is 4.99. The van der Waals surface area contributed by atoms with Crippen molar-refractivity contribution < 1.29 is 4.42 Å². The molecule has 1 aromatic heterocycles. The Balaban J connectivity index is 2.36. The normalized spacial score (nSPS) is 13.1. The summed E-state index contributed by atoms with van der Waals surface area (Å²) in [6.07, 6.45) is 3.43. The maximum atomic E-state index is 5.54. The Morgan fingerprint density at radius 1 is 1.71 bits per heavy atom. The average molecular weight is 212 g/mol. The molecule has 0 aromatic carbocycles. The standard InChI is InChI=1S/C10H16N2OS/c1-8(10(11)14)5-12(2)6-9-3-4-13-7-9/h3-4,7-8H,5-6H2,1-2H3,(H2,11,14). The highest BCUT2D eigenvalue weighted by atomic mass is 32.1. The molecule has 1 rings (SSSR count). The summed E-state index contributed by atoms with van der Waals surface area (Å²) >= 11 is 4.92. The second-order valence-corrected chi connectivity index (χ2v) is 4.10. The molecular formula is C10H16N2OS. The van der Waals surface area contributed by atoms with Crippen LogP contribution in [0.2, 0.25) is 0 Å². The molecule has 0 aliphatic heterocycles. The Kier molecular flexibility index (Phi) is 4.10. The second kappa shape index (κ2) is 5.12. The van der Waals surface area contributed by atoms with Gasteiger partial charge >= 0.3 is 0 Å². The maximum absolute atomic E-state index is 5.54. The van der Waals surface area contributed by atoms with Crippen molar-refractivity contribution >= 4 is 17.2 Å². The van der Waals surface area contributed by atoms with E-state index in [1.165, 1.54) is 5.56 Å². The van der Waals surface area contributed by atoms with Gasteiger partial charge < -0.3 is 15.1 Å². The second-order valence-electron chi connectivity index (χ2n) is 3.63.